The van der Waals surface area contributed by atoms with Crippen molar-refractivity contribution in [3.8, 4) is 0 Å². The van der Waals surface area contributed by atoms with Crippen molar-refractivity contribution in [2.24, 2.45) is 4.99 Å². The molecule has 0 atom stereocenters. The molecule has 0 amide bonds. The molecule has 0 heterocycles. The summed E-state index contributed by atoms with van der Waals surface area (Å²) in [6.45, 7) is 0. The van der Waals surface area contributed by atoms with E-state index in [1.165, 1.54) is 18.5 Å². The Morgan fingerprint density at radius 2 is 2.00 bits per heavy atom. The number of nitrogens with one attached hydrogen (secondary N) is 2. The summed E-state index contributed by atoms with van der Waals surface area (Å²) in [6, 6.07) is 8.10. The van der Waals surface area contributed by atoms with E-state index in [2.05, 4.69) is 31.6 Å². The predicted octanol–water partition coefficient (Wildman–Crippen LogP) is 4.87. The number of aliphatic imine (C=N–C) groups is 1. The molecule has 0 bridgehead atoms. The van der Waals surface area contributed by atoms with E-state index in [9.17, 15) is 9.18 Å². The molecular formula is C15H12BrClFN3O. The number of halogens is 3. The number of aldehydes is 1. The van der Waals surface area contributed by atoms with Gasteiger partial charge in [0.1, 0.15) is 0 Å². The summed E-state index contributed by atoms with van der Waals surface area (Å²) in [5.74, 6) is -0.594. The first-order chi connectivity index (χ1) is 10.6. The number of hydrogen-bond acceptors (Lipinski definition) is 3. The van der Waals surface area contributed by atoms with Crippen molar-refractivity contribution in [3.05, 3.63) is 51.2 Å². The first-order valence-corrected chi connectivity index (χ1v) is 7.41. The molecule has 0 saturated carbocycles. The van der Waals surface area contributed by atoms with Crippen molar-refractivity contribution in [1.29, 1.82) is 0 Å². The quantitative estimate of drug-likeness (QED) is 0.439. The second-order valence-corrected chi connectivity index (χ2v) is 5.61. The number of anilines is 3. The Bertz CT molecular complexity index is 737. The molecule has 0 aliphatic rings. The third kappa shape index (κ3) is 3.64. The summed E-state index contributed by atoms with van der Waals surface area (Å²) >= 11 is 9.41. The zero-order valence-corrected chi connectivity index (χ0v) is 13.9. The molecule has 0 fully saturated rings. The van der Waals surface area contributed by atoms with Gasteiger partial charge in [-0.15, -0.1) is 0 Å². The lowest BCUT2D eigenvalue weighted by molar-refractivity contribution is 0.112. The van der Waals surface area contributed by atoms with E-state index in [1.54, 1.807) is 25.2 Å². The highest BCUT2D eigenvalue weighted by Gasteiger charge is 2.14. The van der Waals surface area contributed by atoms with Crippen LogP contribution in [0.5, 0.6) is 0 Å². The molecule has 22 heavy (non-hydrogen) atoms. The van der Waals surface area contributed by atoms with Gasteiger partial charge < -0.3 is 10.6 Å². The summed E-state index contributed by atoms with van der Waals surface area (Å²) in [4.78, 5) is 14.9. The number of benzene rings is 2. The van der Waals surface area contributed by atoms with Gasteiger partial charge in [-0.1, -0.05) is 27.5 Å². The minimum absolute atomic E-state index is 0.0497. The van der Waals surface area contributed by atoms with E-state index in [0.717, 1.165) is 4.47 Å². The number of carbonyl (C=O) groups excluding carboxylic acids is 1. The fraction of sp³-hybridized carbons (Fsp3) is 0.0667. The van der Waals surface area contributed by atoms with Crippen LogP contribution in [0.3, 0.4) is 0 Å². The second kappa shape index (κ2) is 7.38. The Kier molecular flexibility index (Phi) is 5.51. The van der Waals surface area contributed by atoms with Crippen molar-refractivity contribution < 1.29 is 9.18 Å². The Balaban J connectivity index is 2.45. The maximum atomic E-state index is 14.5. The molecule has 0 spiro atoms. The molecule has 2 rings (SSSR count). The van der Waals surface area contributed by atoms with Gasteiger partial charge in [0.25, 0.3) is 0 Å². The molecule has 0 aliphatic carbocycles. The smallest absolute Gasteiger partial charge is 0.170 e. The van der Waals surface area contributed by atoms with Crippen LogP contribution < -0.4 is 10.6 Å². The number of nitrogens with zero attached hydrogens (tertiary/aromatic N) is 1. The Morgan fingerprint density at radius 3 is 2.64 bits per heavy atom. The summed E-state index contributed by atoms with van der Waals surface area (Å²) in [7, 11) is 1.56. The monoisotopic (exact) mass is 383 g/mol. The zero-order chi connectivity index (χ0) is 16.1. The zero-order valence-electron chi connectivity index (χ0n) is 11.5. The van der Waals surface area contributed by atoms with Crippen LogP contribution in [0.25, 0.3) is 0 Å². The molecule has 114 valence electrons. The average molecular weight is 385 g/mol. The van der Waals surface area contributed by atoms with Crippen LogP contribution in [0.1, 0.15) is 10.4 Å². The molecule has 7 heteroatoms. The van der Waals surface area contributed by atoms with Gasteiger partial charge in [-0.2, -0.15) is 0 Å². The van der Waals surface area contributed by atoms with Gasteiger partial charge in [-0.05, 0) is 30.3 Å². The third-order valence-corrected chi connectivity index (χ3v) is 3.65. The van der Waals surface area contributed by atoms with Crippen molar-refractivity contribution in [2.75, 3.05) is 17.7 Å². The molecule has 0 unspecified atom stereocenters. The van der Waals surface area contributed by atoms with E-state index in [-0.39, 0.29) is 16.9 Å². The predicted molar refractivity (Wildman–Crippen MR) is 92.3 cm³/mol. The van der Waals surface area contributed by atoms with E-state index in [4.69, 9.17) is 11.6 Å². The largest absolute Gasteiger partial charge is 0.351 e. The Hall–Kier alpha value is -1.92. The van der Waals surface area contributed by atoms with Gasteiger partial charge in [0.15, 0.2) is 12.1 Å². The molecule has 2 aromatic rings. The van der Waals surface area contributed by atoms with Crippen molar-refractivity contribution in [1.82, 2.24) is 0 Å². The molecule has 0 saturated heterocycles. The van der Waals surface area contributed by atoms with Gasteiger partial charge in [0.2, 0.25) is 0 Å². The third-order valence-electron chi connectivity index (χ3n) is 2.84. The first kappa shape index (κ1) is 16.5. The maximum absolute atomic E-state index is 14.5. The van der Waals surface area contributed by atoms with Crippen LogP contribution in [-0.4, -0.2) is 19.7 Å². The molecular weight excluding hydrogens is 373 g/mol. The lowest BCUT2D eigenvalue weighted by atomic mass is 10.1. The van der Waals surface area contributed by atoms with Crippen molar-refractivity contribution in [3.63, 3.8) is 0 Å². The van der Waals surface area contributed by atoms with Gasteiger partial charge in [-0.3, -0.25) is 9.79 Å². The molecule has 0 aromatic heterocycles. The minimum atomic E-state index is -0.594. The van der Waals surface area contributed by atoms with Gasteiger partial charge in [-0.25, -0.2) is 4.39 Å². The second-order valence-electron chi connectivity index (χ2n) is 4.29. The van der Waals surface area contributed by atoms with Crippen LogP contribution in [-0.2, 0) is 0 Å². The summed E-state index contributed by atoms with van der Waals surface area (Å²) < 4.78 is 15.3. The fourth-order valence-corrected chi connectivity index (χ4v) is 2.51. The normalized spacial score (nSPS) is 10.7. The van der Waals surface area contributed by atoms with Crippen LogP contribution in [0.4, 0.5) is 21.5 Å². The molecule has 2 aromatic carbocycles. The SMILES string of the molecule is CN=CNc1ccc(C=O)c(Nc2ccc(Br)cc2Cl)c1F. The summed E-state index contributed by atoms with van der Waals surface area (Å²) in [6.07, 6.45) is 1.94. The lowest BCUT2D eigenvalue weighted by Crippen LogP contribution is -2.04. The van der Waals surface area contributed by atoms with Gasteiger partial charge in [0, 0.05) is 17.1 Å². The average Bonchev–Trinajstić information content (AvgIpc) is 2.50. The standard InChI is InChI=1S/C15H12BrClFN3O/c1-19-8-20-13-4-2-9(7-22)15(14(13)18)21-12-5-3-10(16)6-11(12)17/h2-8,21H,1H3,(H,19,20). The van der Waals surface area contributed by atoms with Crippen LogP contribution >= 0.6 is 27.5 Å². The van der Waals surface area contributed by atoms with E-state index in [1.807, 2.05) is 0 Å². The Morgan fingerprint density at radius 1 is 1.27 bits per heavy atom. The molecule has 0 aliphatic heterocycles. The van der Waals surface area contributed by atoms with E-state index >= 15 is 0 Å². The van der Waals surface area contributed by atoms with E-state index < -0.39 is 5.82 Å². The highest BCUT2D eigenvalue weighted by molar-refractivity contribution is 9.10. The van der Waals surface area contributed by atoms with E-state index in [0.29, 0.717) is 17.0 Å². The van der Waals surface area contributed by atoms with Gasteiger partial charge in [0.05, 0.1) is 28.4 Å². The number of carbonyl (C=O) groups is 1. The summed E-state index contributed by atoms with van der Waals surface area (Å²) in [5, 5.41) is 5.96. The highest BCUT2D eigenvalue weighted by Crippen LogP contribution is 2.33. The highest BCUT2D eigenvalue weighted by atomic mass is 79.9. The summed E-state index contributed by atoms with van der Waals surface area (Å²) in [5.41, 5.74) is 0.935. The fourth-order valence-electron chi connectivity index (χ4n) is 1.79. The van der Waals surface area contributed by atoms with Crippen LogP contribution in [0, 0.1) is 5.82 Å². The van der Waals surface area contributed by atoms with Crippen LogP contribution in [0.15, 0.2) is 39.8 Å². The molecule has 0 radical (unpaired) electrons. The number of rotatable bonds is 5. The first-order valence-electron chi connectivity index (χ1n) is 6.23. The van der Waals surface area contributed by atoms with Crippen LogP contribution in [0.2, 0.25) is 5.02 Å². The number of hydrogen-bond donors (Lipinski definition) is 2. The minimum Gasteiger partial charge on any atom is -0.351 e. The molecule has 4 nitrogen and oxygen atoms in total. The van der Waals surface area contributed by atoms with Gasteiger partial charge >= 0.3 is 0 Å². The lowest BCUT2D eigenvalue weighted by Gasteiger charge is -2.14. The Labute approximate surface area is 140 Å². The topological polar surface area (TPSA) is 53.5 Å². The maximum Gasteiger partial charge on any atom is 0.170 e. The van der Waals surface area contributed by atoms with Crippen molar-refractivity contribution >= 4 is 57.2 Å². The van der Waals surface area contributed by atoms with Crippen molar-refractivity contribution in [2.45, 2.75) is 0 Å². The molecule has 2 N–H and O–H groups in total.